The average Bonchev–Trinajstić information content (AvgIpc) is 3.87. The lowest BCUT2D eigenvalue weighted by molar-refractivity contribution is 0.727. The van der Waals surface area contributed by atoms with Gasteiger partial charge in [-0.3, -0.25) is 4.57 Å². The monoisotopic (exact) mass is 801 g/mol. The molecule has 3 heterocycles. The molecule has 0 bridgehead atoms. The number of benzene rings is 7. The number of rotatable bonds is 6. The number of aryl methyl sites for hydroxylation is 1. The van der Waals surface area contributed by atoms with Gasteiger partial charge in [0.1, 0.15) is 5.01 Å². The van der Waals surface area contributed by atoms with Gasteiger partial charge < -0.3 is 0 Å². The van der Waals surface area contributed by atoms with Crippen LogP contribution in [0.15, 0.2) is 182 Å². The predicted octanol–water partition coefficient (Wildman–Crippen LogP) is 14.1. The number of aromatic nitrogens is 5. The van der Waals surface area contributed by atoms with E-state index in [4.69, 9.17) is 19.9 Å². The van der Waals surface area contributed by atoms with E-state index in [-0.39, 0.29) is 5.92 Å². The molecule has 7 aromatic carbocycles. The SMILES string of the molecule is C1=CC(c2cccc(-c3nc(-c4ccccc4)nc(-n4c5ccccc5c5ccc6c(c54)CCC(c4ccc(-c5nc7ccccc7s5)cc4)c4ccccc4-6)n3)c2)=CCC1. The van der Waals surface area contributed by atoms with Crippen LogP contribution in [0.1, 0.15) is 47.4 Å². The van der Waals surface area contributed by atoms with Gasteiger partial charge in [0, 0.05) is 33.4 Å². The molecule has 0 saturated carbocycles. The third-order valence-corrected chi connectivity index (χ3v) is 13.5. The zero-order valence-corrected chi connectivity index (χ0v) is 34.2. The van der Waals surface area contributed by atoms with Crippen molar-refractivity contribution < 1.29 is 0 Å². The Kier molecular flexibility index (Phi) is 8.63. The molecule has 2 aliphatic carbocycles. The molecule has 0 N–H and O–H groups in total. The van der Waals surface area contributed by atoms with E-state index in [0.717, 1.165) is 63.9 Å². The largest absolute Gasteiger partial charge is 0.277 e. The topological polar surface area (TPSA) is 56.5 Å². The van der Waals surface area contributed by atoms with Crippen molar-refractivity contribution in [1.29, 1.82) is 0 Å². The van der Waals surface area contributed by atoms with Gasteiger partial charge in [-0.05, 0) is 88.9 Å². The highest BCUT2D eigenvalue weighted by Gasteiger charge is 2.28. The minimum Gasteiger partial charge on any atom is -0.277 e. The molecule has 1 atom stereocenters. The van der Waals surface area contributed by atoms with Crippen molar-refractivity contribution in [3.63, 3.8) is 0 Å². The normalized spacial score (nSPS) is 14.8. The lowest BCUT2D eigenvalue weighted by Crippen LogP contribution is -2.08. The van der Waals surface area contributed by atoms with Crippen LogP contribution in [0, 0.1) is 0 Å². The number of para-hydroxylation sites is 2. The summed E-state index contributed by atoms with van der Waals surface area (Å²) < 4.78 is 3.53. The molecule has 0 saturated heterocycles. The van der Waals surface area contributed by atoms with Gasteiger partial charge in [-0.1, -0.05) is 158 Å². The van der Waals surface area contributed by atoms with E-state index in [2.05, 4.69) is 168 Å². The highest BCUT2D eigenvalue weighted by atomic mass is 32.1. The first-order valence-electron chi connectivity index (χ1n) is 21.1. The zero-order chi connectivity index (χ0) is 40.3. The maximum absolute atomic E-state index is 5.38. The third kappa shape index (κ3) is 6.22. The van der Waals surface area contributed by atoms with Crippen molar-refractivity contribution in [1.82, 2.24) is 24.5 Å². The molecule has 290 valence electrons. The van der Waals surface area contributed by atoms with Gasteiger partial charge in [-0.15, -0.1) is 11.3 Å². The van der Waals surface area contributed by atoms with Gasteiger partial charge in [0.15, 0.2) is 11.6 Å². The fourth-order valence-corrected chi connectivity index (χ4v) is 10.5. The van der Waals surface area contributed by atoms with E-state index in [1.807, 2.05) is 18.2 Å². The minimum atomic E-state index is 0.218. The van der Waals surface area contributed by atoms with Gasteiger partial charge in [-0.2, -0.15) is 9.97 Å². The van der Waals surface area contributed by atoms with Crippen LogP contribution in [-0.4, -0.2) is 24.5 Å². The summed E-state index contributed by atoms with van der Waals surface area (Å²) in [6.07, 6.45) is 10.8. The first-order valence-corrected chi connectivity index (χ1v) is 21.9. The minimum absolute atomic E-state index is 0.218. The van der Waals surface area contributed by atoms with Crippen LogP contribution in [0.25, 0.3) is 88.0 Å². The highest BCUT2D eigenvalue weighted by Crippen LogP contribution is 2.46. The van der Waals surface area contributed by atoms with Crippen LogP contribution in [0.2, 0.25) is 0 Å². The van der Waals surface area contributed by atoms with Crippen LogP contribution in [0.3, 0.4) is 0 Å². The van der Waals surface area contributed by atoms with Gasteiger partial charge in [0.2, 0.25) is 5.95 Å². The molecule has 0 fully saturated rings. The van der Waals surface area contributed by atoms with Crippen LogP contribution < -0.4 is 0 Å². The molecule has 0 spiro atoms. The van der Waals surface area contributed by atoms with E-state index in [1.54, 1.807) is 11.3 Å². The van der Waals surface area contributed by atoms with Crippen LogP contribution in [-0.2, 0) is 6.42 Å². The Labute approximate surface area is 358 Å². The fourth-order valence-electron chi connectivity index (χ4n) is 9.50. The molecular formula is C55H39N5S. The zero-order valence-electron chi connectivity index (χ0n) is 33.4. The number of hydrogen-bond donors (Lipinski definition) is 0. The molecule has 6 heteroatoms. The standard InChI is InChI=1S/C55H39N5S/c1-3-14-35(15-4-1)39-18-13-19-40(34-39)53-57-52(37-16-5-2-6-17-37)58-55(59-53)60-49-24-11-9-22-45(49)47-33-31-44-43-21-8-7-20-42(43)41(30-32-46(44)51(47)60)36-26-28-38(29-27-36)54-56-48-23-10-12-25-50(48)61-54/h2-3,5-29,31,33-34,41H,1,4,30,32H2. The van der Waals surface area contributed by atoms with Gasteiger partial charge >= 0.3 is 0 Å². The van der Waals surface area contributed by atoms with Crippen LogP contribution in [0.5, 0.6) is 0 Å². The Balaban J connectivity index is 1.02. The summed E-state index contributed by atoms with van der Waals surface area (Å²) in [5.41, 5.74) is 15.3. The Hall–Kier alpha value is -7.28. The molecule has 3 aromatic heterocycles. The lowest BCUT2D eigenvalue weighted by Gasteiger charge is -2.18. The summed E-state index contributed by atoms with van der Waals surface area (Å²) >= 11 is 1.75. The Morgan fingerprint density at radius 1 is 0.557 bits per heavy atom. The molecule has 0 amide bonds. The summed E-state index contributed by atoms with van der Waals surface area (Å²) in [7, 11) is 0. The van der Waals surface area contributed by atoms with Crippen molar-refractivity contribution in [2.75, 3.05) is 0 Å². The average molecular weight is 802 g/mol. The quantitative estimate of drug-likeness (QED) is 0.168. The van der Waals surface area contributed by atoms with E-state index in [1.165, 1.54) is 54.4 Å². The van der Waals surface area contributed by atoms with Gasteiger partial charge in [0.25, 0.3) is 0 Å². The second kappa shape index (κ2) is 14.8. The second-order valence-electron chi connectivity index (χ2n) is 16.0. The summed E-state index contributed by atoms with van der Waals surface area (Å²) in [5.74, 6) is 2.13. The first kappa shape index (κ1) is 35.6. The summed E-state index contributed by atoms with van der Waals surface area (Å²) in [5, 5.41) is 3.44. The Morgan fingerprint density at radius 2 is 1.33 bits per heavy atom. The second-order valence-corrected chi connectivity index (χ2v) is 17.0. The first-order chi connectivity index (χ1) is 30.2. The van der Waals surface area contributed by atoms with Crippen molar-refractivity contribution in [3.05, 3.63) is 204 Å². The van der Waals surface area contributed by atoms with Crippen molar-refractivity contribution in [2.24, 2.45) is 0 Å². The fraction of sp³-hybridized carbons (Fsp3) is 0.0909. The lowest BCUT2D eigenvalue weighted by atomic mass is 9.85. The van der Waals surface area contributed by atoms with E-state index in [0.29, 0.717) is 17.6 Å². The van der Waals surface area contributed by atoms with Crippen LogP contribution in [0.4, 0.5) is 0 Å². The number of hydrogen-bond acceptors (Lipinski definition) is 5. The number of allylic oxidation sites excluding steroid dienone is 4. The Morgan fingerprint density at radius 3 is 2.20 bits per heavy atom. The molecular weight excluding hydrogens is 763 g/mol. The molecule has 10 aromatic rings. The molecule has 1 unspecified atom stereocenters. The smallest absolute Gasteiger partial charge is 0.238 e. The maximum Gasteiger partial charge on any atom is 0.238 e. The van der Waals surface area contributed by atoms with E-state index in [9.17, 15) is 0 Å². The van der Waals surface area contributed by atoms with Gasteiger partial charge in [0.05, 0.1) is 21.3 Å². The van der Waals surface area contributed by atoms with Crippen LogP contribution >= 0.6 is 11.3 Å². The van der Waals surface area contributed by atoms with Gasteiger partial charge in [-0.25, -0.2) is 9.97 Å². The molecule has 61 heavy (non-hydrogen) atoms. The summed E-state index contributed by atoms with van der Waals surface area (Å²) in [4.78, 5) is 20.8. The molecule has 12 rings (SSSR count). The van der Waals surface area contributed by atoms with E-state index >= 15 is 0 Å². The Bertz CT molecular complexity index is 3340. The molecule has 0 radical (unpaired) electrons. The van der Waals surface area contributed by atoms with Crippen molar-refractivity contribution >= 4 is 48.9 Å². The number of fused-ring (bicyclic) bond motifs is 8. The molecule has 0 aliphatic heterocycles. The van der Waals surface area contributed by atoms with Crippen molar-refractivity contribution in [2.45, 2.75) is 31.6 Å². The molecule has 2 aliphatic rings. The predicted molar refractivity (Wildman–Crippen MR) is 252 cm³/mol. The highest BCUT2D eigenvalue weighted by molar-refractivity contribution is 7.21. The number of thiazole rings is 1. The third-order valence-electron chi connectivity index (χ3n) is 12.4. The van der Waals surface area contributed by atoms with Crippen molar-refractivity contribution in [3.8, 4) is 50.4 Å². The molecule has 5 nitrogen and oxygen atoms in total. The maximum atomic E-state index is 5.38. The summed E-state index contributed by atoms with van der Waals surface area (Å²) in [6, 6.07) is 58.8. The summed E-state index contributed by atoms with van der Waals surface area (Å²) in [6.45, 7) is 0. The number of nitrogens with zero attached hydrogens (tertiary/aromatic N) is 5. The van der Waals surface area contributed by atoms with E-state index < -0.39 is 0 Å².